The van der Waals surface area contributed by atoms with Crippen LogP contribution in [0.2, 0.25) is 0 Å². The van der Waals surface area contributed by atoms with E-state index in [1.807, 2.05) is 30.0 Å². The Morgan fingerprint density at radius 2 is 1.80 bits per heavy atom. The highest BCUT2D eigenvalue weighted by Crippen LogP contribution is 2.33. The highest BCUT2D eigenvalue weighted by atomic mass is 16.2. The zero-order valence-corrected chi connectivity index (χ0v) is 14.5. The normalized spacial score (nSPS) is 15.0. The third kappa shape index (κ3) is 2.95. The minimum atomic E-state index is 0.133. The number of aryl methyl sites for hydroxylation is 1. The number of carbonyl (C=O) groups excluding carboxylic acids is 1. The van der Waals surface area contributed by atoms with Gasteiger partial charge >= 0.3 is 0 Å². The van der Waals surface area contributed by atoms with Crippen LogP contribution in [0, 0.1) is 6.92 Å². The number of H-pyrrole nitrogens is 1. The Balaban J connectivity index is 1.70. The van der Waals surface area contributed by atoms with Gasteiger partial charge in [-0.2, -0.15) is 0 Å². The average molecular weight is 335 g/mol. The van der Waals surface area contributed by atoms with Crippen molar-refractivity contribution in [3.05, 3.63) is 42.2 Å². The van der Waals surface area contributed by atoms with Crippen molar-refractivity contribution in [3.63, 3.8) is 0 Å². The fourth-order valence-electron chi connectivity index (χ4n) is 3.33. The molecule has 3 aliphatic rings. The van der Waals surface area contributed by atoms with E-state index in [0.717, 1.165) is 60.5 Å². The summed E-state index contributed by atoms with van der Waals surface area (Å²) < 4.78 is 0. The number of hydrogen-bond acceptors (Lipinski definition) is 4. The first-order valence-corrected chi connectivity index (χ1v) is 8.55. The summed E-state index contributed by atoms with van der Waals surface area (Å²) in [6.07, 6.45) is 0. The molecular formula is C19H21N5O. The minimum absolute atomic E-state index is 0.133. The quantitative estimate of drug-likeness (QED) is 0.782. The van der Waals surface area contributed by atoms with Gasteiger partial charge in [-0.25, -0.2) is 9.97 Å². The van der Waals surface area contributed by atoms with E-state index < -0.39 is 0 Å². The summed E-state index contributed by atoms with van der Waals surface area (Å²) >= 11 is 0. The van der Waals surface area contributed by atoms with Gasteiger partial charge in [0.25, 0.3) is 0 Å². The Kier molecular flexibility index (Phi) is 3.87. The van der Waals surface area contributed by atoms with Gasteiger partial charge < -0.3 is 14.8 Å². The predicted molar refractivity (Wildman–Crippen MR) is 97.6 cm³/mol. The first kappa shape index (κ1) is 15.6. The molecular weight excluding hydrogens is 314 g/mol. The summed E-state index contributed by atoms with van der Waals surface area (Å²) in [5, 5.41) is 0. The van der Waals surface area contributed by atoms with Gasteiger partial charge in [0.2, 0.25) is 5.91 Å². The molecule has 0 saturated carbocycles. The third-order valence-electron chi connectivity index (χ3n) is 4.66. The summed E-state index contributed by atoms with van der Waals surface area (Å²) in [5.74, 6) is 1.90. The molecule has 0 atom stereocenters. The van der Waals surface area contributed by atoms with Gasteiger partial charge in [-0.1, -0.05) is 30.3 Å². The summed E-state index contributed by atoms with van der Waals surface area (Å²) in [6, 6.07) is 12.2. The van der Waals surface area contributed by atoms with E-state index in [0.29, 0.717) is 0 Å². The number of piperazine rings is 1. The molecule has 1 fully saturated rings. The number of carbonyl (C=O) groups is 1. The maximum atomic E-state index is 11.5. The predicted octanol–water partition coefficient (Wildman–Crippen LogP) is 2.55. The van der Waals surface area contributed by atoms with Crippen LogP contribution in [0.1, 0.15) is 12.7 Å². The highest BCUT2D eigenvalue weighted by molar-refractivity contribution is 5.79. The van der Waals surface area contributed by atoms with Crippen LogP contribution in [-0.4, -0.2) is 51.9 Å². The van der Waals surface area contributed by atoms with Crippen molar-refractivity contribution in [2.45, 2.75) is 13.8 Å². The number of nitrogens with zero attached hydrogens (tertiary/aromatic N) is 4. The molecule has 0 spiro atoms. The Labute approximate surface area is 146 Å². The van der Waals surface area contributed by atoms with Crippen molar-refractivity contribution >= 4 is 11.7 Å². The van der Waals surface area contributed by atoms with E-state index in [-0.39, 0.29) is 5.91 Å². The number of amides is 1. The van der Waals surface area contributed by atoms with Gasteiger partial charge in [0.05, 0.1) is 11.4 Å². The van der Waals surface area contributed by atoms with Crippen LogP contribution >= 0.6 is 0 Å². The lowest BCUT2D eigenvalue weighted by Gasteiger charge is -2.35. The van der Waals surface area contributed by atoms with Crippen LogP contribution in [-0.2, 0) is 4.79 Å². The summed E-state index contributed by atoms with van der Waals surface area (Å²) in [7, 11) is 0. The lowest BCUT2D eigenvalue weighted by atomic mass is 10.1. The first-order valence-electron chi connectivity index (χ1n) is 8.55. The number of rotatable bonds is 2. The molecule has 3 aliphatic heterocycles. The van der Waals surface area contributed by atoms with Crippen LogP contribution in [0.15, 0.2) is 36.4 Å². The van der Waals surface area contributed by atoms with E-state index in [1.165, 1.54) is 0 Å². The summed E-state index contributed by atoms with van der Waals surface area (Å²) in [6.45, 7) is 6.59. The summed E-state index contributed by atoms with van der Waals surface area (Å²) in [4.78, 5) is 28.5. The monoisotopic (exact) mass is 335 g/mol. The molecule has 0 aliphatic carbocycles. The molecule has 3 heterocycles. The molecule has 0 aromatic heterocycles. The van der Waals surface area contributed by atoms with Crippen LogP contribution < -0.4 is 4.90 Å². The van der Waals surface area contributed by atoms with Crippen LogP contribution in [0.25, 0.3) is 22.6 Å². The smallest absolute Gasteiger partial charge is 0.219 e. The van der Waals surface area contributed by atoms with Crippen LogP contribution in [0.3, 0.4) is 0 Å². The highest BCUT2D eigenvalue weighted by Gasteiger charge is 2.25. The second-order valence-electron chi connectivity index (χ2n) is 6.41. The number of aromatic nitrogens is 3. The van der Waals surface area contributed by atoms with Gasteiger partial charge in [-0.05, 0) is 13.0 Å². The molecule has 4 rings (SSSR count). The molecule has 1 amide bonds. The van der Waals surface area contributed by atoms with Gasteiger partial charge in [0.1, 0.15) is 11.5 Å². The fourth-order valence-corrected chi connectivity index (χ4v) is 3.33. The van der Waals surface area contributed by atoms with Crippen molar-refractivity contribution in [3.8, 4) is 22.6 Å². The SMILES string of the molecule is CC(=O)N1CCN(c2nc(C)[nH]c3cc(-c4ccccc4)nc2-3)CC1. The Morgan fingerprint density at radius 3 is 2.48 bits per heavy atom. The van der Waals surface area contributed by atoms with E-state index >= 15 is 0 Å². The number of hydrogen-bond donors (Lipinski definition) is 1. The number of benzene rings is 1. The molecule has 1 N–H and O–H groups in total. The number of nitrogens with one attached hydrogen (secondary N) is 1. The minimum Gasteiger partial charge on any atom is -0.351 e. The second-order valence-corrected chi connectivity index (χ2v) is 6.41. The summed E-state index contributed by atoms with van der Waals surface area (Å²) in [5.41, 5.74) is 3.93. The van der Waals surface area contributed by atoms with Gasteiger partial charge in [0.15, 0.2) is 5.82 Å². The maximum absolute atomic E-state index is 11.5. The zero-order valence-electron chi connectivity index (χ0n) is 14.5. The topological polar surface area (TPSA) is 65.1 Å². The van der Waals surface area contributed by atoms with E-state index in [9.17, 15) is 4.79 Å². The standard InChI is InChI=1S/C19H21N5O/c1-13-20-17-12-16(15-6-4-3-5-7-15)22-18(17)19(21-13)24-10-8-23(9-11-24)14(2)25/h3-7,12H,8-11H2,1-2H3,(H,20,21). The second kappa shape index (κ2) is 6.20. The maximum Gasteiger partial charge on any atom is 0.219 e. The van der Waals surface area contributed by atoms with E-state index in [1.54, 1.807) is 6.92 Å². The fraction of sp³-hybridized carbons (Fsp3) is 0.316. The van der Waals surface area contributed by atoms with Gasteiger partial charge in [0, 0.05) is 38.7 Å². The van der Waals surface area contributed by atoms with Crippen LogP contribution in [0.5, 0.6) is 0 Å². The first-order chi connectivity index (χ1) is 12.1. The molecule has 6 nitrogen and oxygen atoms in total. The lowest BCUT2D eigenvalue weighted by Crippen LogP contribution is -2.48. The molecule has 128 valence electrons. The van der Waals surface area contributed by atoms with Crippen molar-refractivity contribution in [2.75, 3.05) is 31.1 Å². The molecule has 0 radical (unpaired) electrons. The number of aromatic amines is 1. The van der Waals surface area contributed by atoms with Crippen molar-refractivity contribution in [1.29, 1.82) is 0 Å². The van der Waals surface area contributed by atoms with Crippen LogP contribution in [0.4, 0.5) is 5.82 Å². The van der Waals surface area contributed by atoms with E-state index in [4.69, 9.17) is 9.97 Å². The lowest BCUT2D eigenvalue weighted by molar-refractivity contribution is -0.129. The molecule has 1 saturated heterocycles. The molecule has 6 heteroatoms. The Bertz CT molecular complexity index is 865. The Hall–Kier alpha value is -2.89. The molecule has 1 aromatic rings. The van der Waals surface area contributed by atoms with Crippen molar-refractivity contribution in [1.82, 2.24) is 19.9 Å². The van der Waals surface area contributed by atoms with Crippen molar-refractivity contribution in [2.24, 2.45) is 0 Å². The van der Waals surface area contributed by atoms with Gasteiger partial charge in [-0.15, -0.1) is 0 Å². The largest absolute Gasteiger partial charge is 0.351 e. The van der Waals surface area contributed by atoms with E-state index in [2.05, 4.69) is 28.1 Å². The molecule has 0 unspecified atom stereocenters. The molecule has 25 heavy (non-hydrogen) atoms. The average Bonchev–Trinajstić information content (AvgIpc) is 3.05. The Morgan fingerprint density at radius 1 is 1.08 bits per heavy atom. The molecule has 0 bridgehead atoms. The molecule has 1 aromatic carbocycles. The third-order valence-corrected chi connectivity index (χ3v) is 4.66. The number of anilines is 1. The number of fused-ring (bicyclic) bond motifs is 1. The van der Waals surface area contributed by atoms with Gasteiger partial charge in [-0.3, -0.25) is 4.79 Å². The zero-order chi connectivity index (χ0) is 17.4. The van der Waals surface area contributed by atoms with Crippen molar-refractivity contribution < 1.29 is 4.79 Å².